The van der Waals surface area contributed by atoms with E-state index in [1.54, 1.807) is 0 Å². The number of aliphatic hydroxyl groups excluding tert-OH is 5. The number of rotatable bonds is 10. The van der Waals surface area contributed by atoms with Crippen LogP contribution in [0.2, 0.25) is 0 Å². The topological polar surface area (TPSA) is 212 Å². The minimum Gasteiger partial charge on any atom is -0.480 e. The van der Waals surface area contributed by atoms with Gasteiger partial charge in [-0.25, -0.2) is 0 Å². The third kappa shape index (κ3) is 6.13. The van der Waals surface area contributed by atoms with Gasteiger partial charge in [0, 0.05) is 6.54 Å². The average Bonchev–Trinajstić information content (AvgIpc) is 2.53. The van der Waals surface area contributed by atoms with E-state index in [0.717, 1.165) is 0 Å². The average molecular weight is 367 g/mol. The molecule has 0 radical (unpaired) electrons. The second-order valence-electron chi connectivity index (χ2n) is 5.84. The van der Waals surface area contributed by atoms with Crippen molar-refractivity contribution in [1.82, 2.24) is 16.0 Å². The van der Waals surface area contributed by atoms with Crippen molar-refractivity contribution in [2.24, 2.45) is 0 Å². The molecule has 146 valence electrons. The van der Waals surface area contributed by atoms with Gasteiger partial charge in [0.2, 0.25) is 0 Å². The van der Waals surface area contributed by atoms with Crippen LogP contribution in [0.4, 0.5) is 0 Å². The van der Waals surface area contributed by atoms with E-state index in [0.29, 0.717) is 0 Å². The first-order chi connectivity index (χ1) is 11.7. The minimum atomic E-state index is -1.48. The Bertz CT molecular complexity index is 420. The molecule has 0 spiro atoms. The summed E-state index contributed by atoms with van der Waals surface area (Å²) >= 11 is 0. The lowest BCUT2D eigenvalue weighted by Gasteiger charge is -2.46. The van der Waals surface area contributed by atoms with Crippen LogP contribution in [0.25, 0.3) is 0 Å². The Kier molecular flexibility index (Phi) is 8.61. The Morgan fingerprint density at radius 1 is 0.800 bits per heavy atom. The fourth-order valence-corrected chi connectivity index (χ4v) is 2.75. The van der Waals surface area contributed by atoms with Gasteiger partial charge in [0.25, 0.3) is 0 Å². The lowest BCUT2D eigenvalue weighted by Crippen LogP contribution is -2.74. The molecule has 1 saturated carbocycles. The van der Waals surface area contributed by atoms with Crippen LogP contribution in [-0.2, 0) is 9.59 Å². The van der Waals surface area contributed by atoms with Crippen molar-refractivity contribution in [3.63, 3.8) is 0 Å². The van der Waals surface area contributed by atoms with Crippen LogP contribution in [0.3, 0.4) is 0 Å². The van der Waals surface area contributed by atoms with E-state index >= 15 is 0 Å². The molecule has 1 aliphatic carbocycles. The quantitative estimate of drug-likeness (QED) is 0.175. The van der Waals surface area contributed by atoms with Gasteiger partial charge in [-0.3, -0.25) is 20.2 Å². The normalized spacial score (nSPS) is 33.8. The number of carboxylic acids is 2. The first-order valence-corrected chi connectivity index (χ1v) is 7.65. The van der Waals surface area contributed by atoms with Gasteiger partial charge in [-0.05, 0) is 0 Å². The molecule has 0 heterocycles. The summed E-state index contributed by atoms with van der Waals surface area (Å²) in [5.74, 6) is -2.47. The lowest BCUT2D eigenvalue weighted by molar-refractivity contribution is -0.138. The Hall–Kier alpha value is -1.38. The highest BCUT2D eigenvalue weighted by atomic mass is 16.4. The second-order valence-corrected chi connectivity index (χ2v) is 5.84. The molecule has 0 aromatic carbocycles. The molecule has 12 nitrogen and oxygen atoms in total. The van der Waals surface area contributed by atoms with Gasteiger partial charge in [-0.15, -0.1) is 0 Å². The molecule has 0 saturated heterocycles. The maximum absolute atomic E-state index is 10.7. The molecule has 0 aromatic heterocycles. The van der Waals surface area contributed by atoms with Gasteiger partial charge < -0.3 is 41.1 Å². The van der Waals surface area contributed by atoms with Crippen LogP contribution < -0.4 is 16.0 Å². The standard InChI is InChI=1S/C13H25N3O9/c17-4-5(18)1-14-8-11(23)9(15-2-6(19)20)13(25)10(12(8)24)16-3-7(21)22/h5,8-18,23-25H,1-4H2,(H,19,20)(H,21,22)/t5?,8-,9+,10-,11+,12-,13+. The number of carbonyl (C=O) groups is 2. The zero-order valence-corrected chi connectivity index (χ0v) is 13.3. The van der Waals surface area contributed by atoms with Crippen molar-refractivity contribution < 1.29 is 45.3 Å². The fourth-order valence-electron chi connectivity index (χ4n) is 2.75. The number of nitrogens with one attached hydrogen (secondary N) is 3. The highest BCUT2D eigenvalue weighted by Crippen LogP contribution is 2.22. The van der Waals surface area contributed by atoms with Gasteiger partial charge in [0.1, 0.15) is 0 Å². The zero-order valence-electron chi connectivity index (χ0n) is 13.3. The summed E-state index contributed by atoms with van der Waals surface area (Å²) in [4.78, 5) is 21.4. The minimum absolute atomic E-state index is 0.192. The Morgan fingerprint density at radius 3 is 1.48 bits per heavy atom. The van der Waals surface area contributed by atoms with Crippen molar-refractivity contribution in [3.8, 4) is 0 Å². The first-order valence-electron chi connectivity index (χ1n) is 7.65. The van der Waals surface area contributed by atoms with Gasteiger partial charge in [0.05, 0.1) is 62.2 Å². The smallest absolute Gasteiger partial charge is 0.317 e. The van der Waals surface area contributed by atoms with Crippen molar-refractivity contribution >= 4 is 11.9 Å². The highest BCUT2D eigenvalue weighted by Gasteiger charge is 2.49. The van der Waals surface area contributed by atoms with Gasteiger partial charge in [-0.2, -0.15) is 0 Å². The van der Waals surface area contributed by atoms with Crippen LogP contribution in [0.5, 0.6) is 0 Å². The molecule has 1 rings (SSSR count). The third-order valence-electron chi connectivity index (χ3n) is 3.99. The van der Waals surface area contributed by atoms with Crippen LogP contribution in [-0.4, -0.2) is 116 Å². The predicted octanol–water partition coefficient (Wildman–Crippen LogP) is -5.52. The molecule has 0 amide bonds. The molecule has 0 aromatic rings. The summed E-state index contributed by atoms with van der Waals surface area (Å²) in [5, 5.41) is 74.2. The van der Waals surface area contributed by atoms with Crippen LogP contribution in [0.15, 0.2) is 0 Å². The SMILES string of the molecule is O=C(O)CN[C@@H]1[C@H](O)[C@H](NCC(=O)O)[C@H](O)[C@H](NCC(O)CO)[C@@H]1O. The van der Waals surface area contributed by atoms with Crippen molar-refractivity contribution in [3.05, 3.63) is 0 Å². The largest absolute Gasteiger partial charge is 0.480 e. The molecule has 7 atom stereocenters. The van der Waals surface area contributed by atoms with Crippen LogP contribution in [0, 0.1) is 0 Å². The van der Waals surface area contributed by atoms with Crippen LogP contribution in [0.1, 0.15) is 0 Å². The van der Waals surface area contributed by atoms with E-state index in [1.165, 1.54) is 0 Å². The number of aliphatic hydroxyl groups is 5. The molecular weight excluding hydrogens is 342 g/mol. The maximum atomic E-state index is 10.7. The third-order valence-corrected chi connectivity index (χ3v) is 3.99. The van der Waals surface area contributed by atoms with Crippen molar-refractivity contribution in [2.75, 3.05) is 26.2 Å². The summed E-state index contributed by atoms with van der Waals surface area (Å²) < 4.78 is 0. The Balaban J connectivity index is 2.92. The number of aliphatic carboxylic acids is 2. The molecule has 12 heteroatoms. The molecular formula is C13H25N3O9. The van der Waals surface area contributed by atoms with Crippen molar-refractivity contribution in [1.29, 1.82) is 0 Å². The monoisotopic (exact) mass is 367 g/mol. The molecule has 1 unspecified atom stereocenters. The number of hydrogen-bond acceptors (Lipinski definition) is 10. The molecule has 1 aliphatic rings. The molecule has 0 aliphatic heterocycles. The van der Waals surface area contributed by atoms with E-state index in [2.05, 4.69) is 16.0 Å². The zero-order chi connectivity index (χ0) is 19.1. The summed E-state index contributed by atoms with van der Waals surface area (Å²) in [7, 11) is 0. The second kappa shape index (κ2) is 9.94. The lowest BCUT2D eigenvalue weighted by atomic mass is 9.79. The molecule has 10 N–H and O–H groups in total. The Morgan fingerprint density at radius 2 is 1.16 bits per heavy atom. The summed E-state index contributed by atoms with van der Waals surface area (Å²) in [5.41, 5.74) is 0. The predicted molar refractivity (Wildman–Crippen MR) is 81.8 cm³/mol. The van der Waals surface area contributed by atoms with Crippen molar-refractivity contribution in [2.45, 2.75) is 42.5 Å². The van der Waals surface area contributed by atoms with Gasteiger partial charge in [0.15, 0.2) is 0 Å². The van der Waals surface area contributed by atoms with Crippen LogP contribution >= 0.6 is 0 Å². The molecule has 1 fully saturated rings. The van der Waals surface area contributed by atoms with Gasteiger partial charge >= 0.3 is 11.9 Å². The van der Waals surface area contributed by atoms with E-state index in [9.17, 15) is 30.0 Å². The first kappa shape index (κ1) is 21.7. The fraction of sp³-hybridized carbons (Fsp3) is 0.846. The highest BCUT2D eigenvalue weighted by molar-refractivity contribution is 5.69. The van der Waals surface area contributed by atoms with E-state index in [-0.39, 0.29) is 6.54 Å². The maximum Gasteiger partial charge on any atom is 0.317 e. The molecule has 0 bridgehead atoms. The number of hydrogen-bond donors (Lipinski definition) is 10. The number of carboxylic acid groups (broad SMARTS) is 2. The van der Waals surface area contributed by atoms with E-state index in [4.69, 9.17) is 15.3 Å². The van der Waals surface area contributed by atoms with E-state index in [1.807, 2.05) is 0 Å². The summed E-state index contributed by atoms with van der Waals surface area (Å²) in [6, 6.07) is -3.49. The Labute approximate surface area is 143 Å². The summed E-state index contributed by atoms with van der Waals surface area (Å²) in [6.45, 7) is -1.91. The van der Waals surface area contributed by atoms with Gasteiger partial charge in [-0.1, -0.05) is 0 Å². The summed E-state index contributed by atoms with van der Waals surface area (Å²) in [6.07, 6.45) is -5.54. The molecule has 25 heavy (non-hydrogen) atoms. The van der Waals surface area contributed by atoms with E-state index < -0.39 is 74.2 Å².